The SMILES string of the molecule is O=C(NCCNc1ccccc1[N+](=O)[O-])c1ccccc1SCc1ccsc1. The number of anilines is 1. The molecule has 0 radical (unpaired) electrons. The largest absolute Gasteiger partial charge is 0.378 e. The topological polar surface area (TPSA) is 84.3 Å². The van der Waals surface area contributed by atoms with Crippen molar-refractivity contribution in [2.75, 3.05) is 18.4 Å². The van der Waals surface area contributed by atoms with Crippen LogP contribution in [0.15, 0.2) is 70.3 Å². The van der Waals surface area contributed by atoms with Crippen molar-refractivity contribution in [2.24, 2.45) is 0 Å². The number of thioether (sulfide) groups is 1. The van der Waals surface area contributed by atoms with E-state index in [1.165, 1.54) is 11.6 Å². The van der Waals surface area contributed by atoms with E-state index in [9.17, 15) is 14.9 Å². The van der Waals surface area contributed by atoms with Crippen LogP contribution in [0.25, 0.3) is 0 Å². The zero-order chi connectivity index (χ0) is 19.8. The number of hydrogen-bond donors (Lipinski definition) is 2. The van der Waals surface area contributed by atoms with Crippen molar-refractivity contribution in [3.63, 3.8) is 0 Å². The van der Waals surface area contributed by atoms with E-state index in [1.54, 1.807) is 47.4 Å². The van der Waals surface area contributed by atoms with Crippen LogP contribution in [0.1, 0.15) is 15.9 Å². The second-order valence-electron chi connectivity index (χ2n) is 5.87. The average molecular weight is 414 g/mol. The van der Waals surface area contributed by atoms with E-state index in [0.29, 0.717) is 24.3 Å². The molecule has 2 aromatic carbocycles. The van der Waals surface area contributed by atoms with Gasteiger partial charge in [-0.3, -0.25) is 14.9 Å². The number of nitrogens with zero attached hydrogens (tertiary/aromatic N) is 1. The molecule has 0 aliphatic rings. The normalized spacial score (nSPS) is 10.4. The highest BCUT2D eigenvalue weighted by molar-refractivity contribution is 7.98. The molecule has 1 aromatic heterocycles. The molecule has 1 amide bonds. The van der Waals surface area contributed by atoms with Crippen molar-refractivity contribution in [3.8, 4) is 0 Å². The highest BCUT2D eigenvalue weighted by Gasteiger charge is 2.13. The van der Waals surface area contributed by atoms with Crippen molar-refractivity contribution in [2.45, 2.75) is 10.6 Å². The summed E-state index contributed by atoms with van der Waals surface area (Å²) in [6.45, 7) is 0.745. The number of nitro groups is 1. The number of rotatable bonds is 9. The van der Waals surface area contributed by atoms with Crippen molar-refractivity contribution < 1.29 is 9.72 Å². The predicted molar refractivity (Wildman–Crippen MR) is 114 cm³/mol. The summed E-state index contributed by atoms with van der Waals surface area (Å²) >= 11 is 3.29. The maximum atomic E-state index is 12.6. The summed E-state index contributed by atoms with van der Waals surface area (Å²) in [5.41, 5.74) is 2.32. The summed E-state index contributed by atoms with van der Waals surface area (Å²) in [6, 6.07) is 16.0. The molecule has 0 spiro atoms. The fourth-order valence-electron chi connectivity index (χ4n) is 2.57. The van der Waals surface area contributed by atoms with Crippen LogP contribution in [0.5, 0.6) is 0 Å². The molecule has 0 aliphatic carbocycles. The number of amides is 1. The second-order valence-corrected chi connectivity index (χ2v) is 7.67. The Morgan fingerprint density at radius 1 is 1.07 bits per heavy atom. The Morgan fingerprint density at radius 3 is 2.64 bits per heavy atom. The third-order valence-electron chi connectivity index (χ3n) is 3.93. The van der Waals surface area contributed by atoms with Gasteiger partial charge in [-0.2, -0.15) is 11.3 Å². The molecule has 0 bridgehead atoms. The fourth-order valence-corrected chi connectivity index (χ4v) is 4.33. The third kappa shape index (κ3) is 5.34. The van der Waals surface area contributed by atoms with Gasteiger partial charge in [-0.25, -0.2) is 0 Å². The lowest BCUT2D eigenvalue weighted by molar-refractivity contribution is -0.384. The maximum absolute atomic E-state index is 12.6. The standard InChI is InChI=1S/C20H19N3O3S2/c24-20(22-11-10-21-17-6-2-3-7-18(17)23(25)26)16-5-1-4-8-19(16)28-14-15-9-12-27-13-15/h1-9,12-13,21H,10-11,14H2,(H,22,24). The van der Waals surface area contributed by atoms with Gasteiger partial charge in [0, 0.05) is 29.8 Å². The Hall–Kier alpha value is -2.84. The zero-order valence-corrected chi connectivity index (χ0v) is 16.6. The second kappa shape index (κ2) is 9.91. The Balaban J connectivity index is 1.53. The number of para-hydroxylation sites is 2. The predicted octanol–water partition coefficient (Wildman–Crippen LogP) is 4.79. The Morgan fingerprint density at radius 2 is 1.86 bits per heavy atom. The quantitative estimate of drug-likeness (QED) is 0.228. The maximum Gasteiger partial charge on any atom is 0.292 e. The summed E-state index contributed by atoms with van der Waals surface area (Å²) < 4.78 is 0. The first-order valence-electron chi connectivity index (χ1n) is 8.63. The van der Waals surface area contributed by atoms with Crippen LogP contribution in [0.3, 0.4) is 0 Å². The lowest BCUT2D eigenvalue weighted by Crippen LogP contribution is -2.29. The Bertz CT molecular complexity index is 945. The minimum Gasteiger partial charge on any atom is -0.378 e. The molecular formula is C20H19N3O3S2. The third-order valence-corrected chi connectivity index (χ3v) is 5.81. The molecule has 0 fully saturated rings. The molecule has 2 N–H and O–H groups in total. The van der Waals surface area contributed by atoms with E-state index in [1.807, 2.05) is 23.6 Å². The van der Waals surface area contributed by atoms with Gasteiger partial charge in [0.1, 0.15) is 5.69 Å². The number of hydrogen-bond acceptors (Lipinski definition) is 6. The van der Waals surface area contributed by atoms with Crippen LogP contribution in [-0.2, 0) is 5.75 Å². The van der Waals surface area contributed by atoms with Gasteiger partial charge in [0.05, 0.1) is 10.5 Å². The molecule has 3 aromatic rings. The van der Waals surface area contributed by atoms with Crippen molar-refractivity contribution >= 4 is 40.4 Å². The molecule has 0 atom stereocenters. The number of benzene rings is 2. The highest BCUT2D eigenvalue weighted by Crippen LogP contribution is 2.27. The van der Waals surface area contributed by atoms with Gasteiger partial charge in [-0.15, -0.1) is 11.8 Å². The molecule has 0 saturated carbocycles. The Kier molecular flexibility index (Phi) is 7.05. The molecule has 3 rings (SSSR count). The summed E-state index contributed by atoms with van der Waals surface area (Å²) in [4.78, 5) is 24.1. The first-order chi connectivity index (χ1) is 13.6. The summed E-state index contributed by atoms with van der Waals surface area (Å²) in [5.74, 6) is 0.658. The Labute approximate surface area is 171 Å². The monoisotopic (exact) mass is 413 g/mol. The van der Waals surface area contributed by atoms with Gasteiger partial charge < -0.3 is 10.6 Å². The lowest BCUT2D eigenvalue weighted by Gasteiger charge is -2.11. The molecule has 28 heavy (non-hydrogen) atoms. The molecule has 8 heteroatoms. The van der Waals surface area contributed by atoms with Crippen LogP contribution in [0.4, 0.5) is 11.4 Å². The number of carbonyl (C=O) groups is 1. The molecule has 0 saturated heterocycles. The van der Waals surface area contributed by atoms with Gasteiger partial charge in [0.2, 0.25) is 0 Å². The highest BCUT2D eigenvalue weighted by atomic mass is 32.2. The average Bonchev–Trinajstić information content (AvgIpc) is 3.23. The fraction of sp³-hybridized carbons (Fsp3) is 0.150. The summed E-state index contributed by atoms with van der Waals surface area (Å²) in [5, 5.41) is 21.0. The number of nitro benzene ring substituents is 1. The summed E-state index contributed by atoms with van der Waals surface area (Å²) in [7, 11) is 0. The van der Waals surface area contributed by atoms with Crippen LogP contribution in [0, 0.1) is 10.1 Å². The molecular weight excluding hydrogens is 394 g/mol. The molecule has 1 heterocycles. The smallest absolute Gasteiger partial charge is 0.292 e. The molecule has 0 aliphatic heterocycles. The van der Waals surface area contributed by atoms with E-state index in [4.69, 9.17) is 0 Å². The van der Waals surface area contributed by atoms with Crippen molar-refractivity contribution in [1.29, 1.82) is 0 Å². The number of nitrogens with one attached hydrogen (secondary N) is 2. The molecule has 144 valence electrons. The van der Waals surface area contributed by atoms with Crippen LogP contribution in [0.2, 0.25) is 0 Å². The van der Waals surface area contributed by atoms with E-state index in [-0.39, 0.29) is 11.6 Å². The van der Waals surface area contributed by atoms with Gasteiger partial charge in [0.15, 0.2) is 0 Å². The van der Waals surface area contributed by atoms with Gasteiger partial charge >= 0.3 is 0 Å². The number of thiophene rings is 1. The van der Waals surface area contributed by atoms with Crippen LogP contribution < -0.4 is 10.6 Å². The van der Waals surface area contributed by atoms with Crippen molar-refractivity contribution in [1.82, 2.24) is 5.32 Å². The van der Waals surface area contributed by atoms with Gasteiger partial charge in [-0.05, 0) is 40.6 Å². The van der Waals surface area contributed by atoms with Crippen LogP contribution >= 0.6 is 23.1 Å². The minimum atomic E-state index is -0.429. The zero-order valence-electron chi connectivity index (χ0n) is 15.0. The van der Waals surface area contributed by atoms with E-state index < -0.39 is 4.92 Å². The van der Waals surface area contributed by atoms with Crippen LogP contribution in [-0.4, -0.2) is 23.9 Å². The van der Waals surface area contributed by atoms with Crippen molar-refractivity contribution in [3.05, 3.63) is 86.6 Å². The molecule has 6 nitrogen and oxygen atoms in total. The molecule has 0 unspecified atom stereocenters. The number of carbonyl (C=O) groups excluding carboxylic acids is 1. The lowest BCUT2D eigenvalue weighted by atomic mass is 10.2. The van der Waals surface area contributed by atoms with E-state index in [0.717, 1.165) is 10.6 Å². The minimum absolute atomic E-state index is 0.0176. The summed E-state index contributed by atoms with van der Waals surface area (Å²) in [6.07, 6.45) is 0. The first kappa shape index (κ1) is 19.9. The van der Waals surface area contributed by atoms with E-state index >= 15 is 0 Å². The van der Waals surface area contributed by atoms with E-state index in [2.05, 4.69) is 22.1 Å². The van der Waals surface area contributed by atoms with Gasteiger partial charge in [0.25, 0.3) is 11.6 Å². The van der Waals surface area contributed by atoms with Gasteiger partial charge in [-0.1, -0.05) is 24.3 Å². The first-order valence-corrected chi connectivity index (χ1v) is 10.6.